The van der Waals surface area contributed by atoms with Crippen LogP contribution in [0.3, 0.4) is 0 Å². The highest BCUT2D eigenvalue weighted by molar-refractivity contribution is 5.90. The lowest BCUT2D eigenvalue weighted by atomic mass is 10.1. The van der Waals surface area contributed by atoms with E-state index in [1.165, 1.54) is 33.5 Å². The number of anilines is 1. The number of methoxy groups -OCH3 is 3. The van der Waals surface area contributed by atoms with Gasteiger partial charge in [0.2, 0.25) is 5.75 Å². The molecule has 1 unspecified atom stereocenters. The van der Waals surface area contributed by atoms with Gasteiger partial charge in [0.25, 0.3) is 0 Å². The van der Waals surface area contributed by atoms with Crippen LogP contribution in [0.4, 0.5) is 14.9 Å². The molecule has 2 amide bonds. The Morgan fingerprint density at radius 1 is 1.04 bits per heavy atom. The molecule has 0 saturated carbocycles. The molecule has 0 radical (unpaired) electrons. The van der Waals surface area contributed by atoms with Gasteiger partial charge in [-0.25, -0.2) is 9.18 Å². The summed E-state index contributed by atoms with van der Waals surface area (Å²) in [5.41, 5.74) is 1.40. The molecule has 1 atom stereocenters. The summed E-state index contributed by atoms with van der Waals surface area (Å²) in [6.07, 6.45) is 0. The molecule has 28 heavy (non-hydrogen) atoms. The van der Waals surface area contributed by atoms with E-state index in [0.29, 0.717) is 29.5 Å². The highest BCUT2D eigenvalue weighted by Crippen LogP contribution is 2.39. The number of halogens is 1. The second kappa shape index (κ2) is 9.80. The second-order valence-electron chi connectivity index (χ2n) is 6.28. The van der Waals surface area contributed by atoms with Crippen LogP contribution in [-0.4, -0.2) is 52.9 Å². The van der Waals surface area contributed by atoms with E-state index in [1.807, 2.05) is 19.0 Å². The maximum Gasteiger partial charge on any atom is 0.319 e. The number of amides is 2. The van der Waals surface area contributed by atoms with Crippen LogP contribution in [0, 0.1) is 5.82 Å². The summed E-state index contributed by atoms with van der Waals surface area (Å²) in [4.78, 5) is 14.3. The predicted octanol–water partition coefficient (Wildman–Crippen LogP) is 3.28. The third-order valence-electron chi connectivity index (χ3n) is 4.26. The number of urea groups is 1. The Bertz CT molecular complexity index is 772. The van der Waals surface area contributed by atoms with E-state index in [2.05, 4.69) is 10.6 Å². The van der Waals surface area contributed by atoms with Gasteiger partial charge in [0.1, 0.15) is 5.82 Å². The Morgan fingerprint density at radius 3 is 2.07 bits per heavy atom. The number of rotatable bonds is 8. The zero-order chi connectivity index (χ0) is 20.7. The van der Waals surface area contributed by atoms with E-state index in [1.54, 1.807) is 24.3 Å². The molecule has 152 valence electrons. The molecule has 2 N–H and O–H groups in total. The van der Waals surface area contributed by atoms with Gasteiger partial charge in [-0.05, 0) is 31.8 Å². The van der Waals surface area contributed by atoms with Gasteiger partial charge in [0, 0.05) is 18.7 Å². The van der Waals surface area contributed by atoms with Gasteiger partial charge >= 0.3 is 6.03 Å². The Morgan fingerprint density at radius 2 is 1.61 bits per heavy atom. The topological polar surface area (TPSA) is 72.1 Å². The third-order valence-corrected chi connectivity index (χ3v) is 4.26. The summed E-state index contributed by atoms with van der Waals surface area (Å²) in [6.45, 7) is 0.342. The highest BCUT2D eigenvalue weighted by atomic mass is 19.1. The van der Waals surface area contributed by atoms with Crippen LogP contribution in [-0.2, 0) is 0 Å². The average Bonchev–Trinajstić information content (AvgIpc) is 2.68. The van der Waals surface area contributed by atoms with Crippen LogP contribution in [0.1, 0.15) is 11.6 Å². The van der Waals surface area contributed by atoms with Crippen molar-refractivity contribution in [1.82, 2.24) is 10.2 Å². The predicted molar refractivity (Wildman–Crippen MR) is 106 cm³/mol. The van der Waals surface area contributed by atoms with E-state index in [0.717, 1.165) is 5.56 Å². The first-order valence-corrected chi connectivity index (χ1v) is 8.66. The van der Waals surface area contributed by atoms with Crippen molar-refractivity contribution in [1.29, 1.82) is 0 Å². The Balaban J connectivity index is 2.07. The van der Waals surface area contributed by atoms with E-state index in [9.17, 15) is 9.18 Å². The molecule has 8 heteroatoms. The number of benzene rings is 2. The van der Waals surface area contributed by atoms with Crippen LogP contribution in [0.5, 0.6) is 17.2 Å². The molecule has 0 bridgehead atoms. The van der Waals surface area contributed by atoms with Crippen molar-refractivity contribution < 1.29 is 23.4 Å². The van der Waals surface area contributed by atoms with Crippen molar-refractivity contribution >= 4 is 11.7 Å². The molecule has 0 spiro atoms. The van der Waals surface area contributed by atoms with Gasteiger partial charge < -0.3 is 29.7 Å². The quantitative estimate of drug-likeness (QED) is 0.723. The number of hydrogen-bond donors (Lipinski definition) is 2. The van der Waals surface area contributed by atoms with Gasteiger partial charge in [0.15, 0.2) is 11.5 Å². The molecule has 0 fully saturated rings. The van der Waals surface area contributed by atoms with E-state index >= 15 is 0 Å². The number of carbonyl (C=O) groups is 1. The van der Waals surface area contributed by atoms with Crippen LogP contribution >= 0.6 is 0 Å². The molecule has 2 aromatic rings. The maximum absolute atomic E-state index is 13.2. The average molecular weight is 391 g/mol. The number of carbonyl (C=O) groups excluding carboxylic acids is 1. The van der Waals surface area contributed by atoms with Crippen molar-refractivity contribution in [3.63, 3.8) is 0 Å². The Labute approximate surface area is 164 Å². The fraction of sp³-hybridized carbons (Fsp3) is 0.350. The number of ether oxygens (including phenoxy) is 3. The Hall–Kier alpha value is -3.00. The lowest BCUT2D eigenvalue weighted by Gasteiger charge is -2.25. The van der Waals surface area contributed by atoms with E-state index in [-0.39, 0.29) is 17.9 Å². The van der Waals surface area contributed by atoms with Crippen molar-refractivity contribution in [2.75, 3.05) is 47.3 Å². The van der Waals surface area contributed by atoms with Crippen LogP contribution in [0.2, 0.25) is 0 Å². The fourth-order valence-corrected chi connectivity index (χ4v) is 2.80. The molecule has 2 aromatic carbocycles. The van der Waals surface area contributed by atoms with Crippen molar-refractivity contribution in [2.45, 2.75) is 6.04 Å². The lowest BCUT2D eigenvalue weighted by molar-refractivity contribution is 0.243. The molecule has 0 saturated heterocycles. The lowest BCUT2D eigenvalue weighted by Crippen LogP contribution is -2.36. The van der Waals surface area contributed by atoms with Crippen LogP contribution in [0.15, 0.2) is 36.4 Å². The third kappa shape index (κ3) is 5.26. The molecule has 0 aliphatic rings. The van der Waals surface area contributed by atoms with E-state index < -0.39 is 0 Å². The summed E-state index contributed by atoms with van der Waals surface area (Å²) in [5.74, 6) is 1.03. The minimum atomic E-state index is -0.386. The molecule has 2 rings (SSSR count). The van der Waals surface area contributed by atoms with E-state index in [4.69, 9.17) is 14.2 Å². The molecule has 0 aliphatic carbocycles. The molecule has 7 nitrogen and oxygen atoms in total. The first-order valence-electron chi connectivity index (χ1n) is 8.66. The van der Waals surface area contributed by atoms with Gasteiger partial charge in [0.05, 0.1) is 33.1 Å². The zero-order valence-corrected chi connectivity index (χ0v) is 16.7. The van der Waals surface area contributed by atoms with Crippen molar-refractivity contribution in [3.8, 4) is 17.2 Å². The largest absolute Gasteiger partial charge is 0.493 e. The smallest absolute Gasteiger partial charge is 0.319 e. The standard InChI is InChI=1S/C20H26FN3O4/c1-24(2)16(13-6-8-14(21)9-7-13)12-22-20(25)23-15-10-17(26-3)19(28-5)18(11-15)27-4/h6-11,16H,12H2,1-5H3,(H2,22,23,25). The monoisotopic (exact) mass is 391 g/mol. The normalized spacial score (nSPS) is 11.7. The molecular weight excluding hydrogens is 365 g/mol. The van der Waals surface area contributed by atoms with Crippen LogP contribution < -0.4 is 24.8 Å². The Kier molecular flexibility index (Phi) is 7.45. The number of hydrogen-bond acceptors (Lipinski definition) is 5. The summed E-state index contributed by atoms with van der Waals surface area (Å²) in [6, 6.07) is 9.02. The molecule has 0 aliphatic heterocycles. The summed E-state index contributed by atoms with van der Waals surface area (Å²) in [7, 11) is 8.31. The van der Waals surface area contributed by atoms with Crippen molar-refractivity contribution in [3.05, 3.63) is 47.8 Å². The first-order chi connectivity index (χ1) is 13.4. The summed E-state index contributed by atoms with van der Waals surface area (Å²) >= 11 is 0. The maximum atomic E-state index is 13.2. The zero-order valence-electron chi connectivity index (χ0n) is 16.7. The van der Waals surface area contributed by atoms with Gasteiger partial charge in [-0.1, -0.05) is 12.1 Å². The minimum Gasteiger partial charge on any atom is -0.493 e. The van der Waals surface area contributed by atoms with Gasteiger partial charge in [-0.3, -0.25) is 0 Å². The molecular formula is C20H26FN3O4. The van der Waals surface area contributed by atoms with Gasteiger partial charge in [-0.2, -0.15) is 0 Å². The number of nitrogens with one attached hydrogen (secondary N) is 2. The SMILES string of the molecule is COc1cc(NC(=O)NCC(c2ccc(F)cc2)N(C)C)cc(OC)c1OC. The molecule has 0 heterocycles. The second-order valence-corrected chi connectivity index (χ2v) is 6.28. The number of nitrogens with zero attached hydrogens (tertiary/aromatic N) is 1. The van der Waals surface area contributed by atoms with Crippen LogP contribution in [0.25, 0.3) is 0 Å². The summed E-state index contributed by atoms with van der Waals surface area (Å²) in [5, 5.41) is 5.58. The highest BCUT2D eigenvalue weighted by Gasteiger charge is 2.17. The number of likely N-dealkylation sites (N-methyl/N-ethyl adjacent to an activating group) is 1. The fourth-order valence-electron chi connectivity index (χ4n) is 2.80. The first kappa shape index (κ1) is 21.3. The minimum absolute atomic E-state index is 0.105. The van der Waals surface area contributed by atoms with Crippen molar-refractivity contribution in [2.24, 2.45) is 0 Å². The van der Waals surface area contributed by atoms with Gasteiger partial charge in [-0.15, -0.1) is 0 Å². The summed E-state index contributed by atoms with van der Waals surface area (Å²) < 4.78 is 29.0. The molecule has 0 aromatic heterocycles.